The van der Waals surface area contributed by atoms with Crippen molar-refractivity contribution in [3.63, 3.8) is 0 Å². The Bertz CT molecular complexity index is 551. The molecule has 84 valence electrons. The van der Waals surface area contributed by atoms with E-state index >= 15 is 0 Å². The molecule has 1 aromatic carbocycles. The van der Waals surface area contributed by atoms with Crippen LogP contribution in [-0.2, 0) is 0 Å². The summed E-state index contributed by atoms with van der Waals surface area (Å²) in [5.74, 6) is 0.519. The summed E-state index contributed by atoms with van der Waals surface area (Å²) >= 11 is 1.22. The fourth-order valence-electron chi connectivity index (χ4n) is 2.36. The Hall–Kier alpha value is -1.13. The van der Waals surface area contributed by atoms with Crippen LogP contribution in [0.4, 0.5) is 0 Å². The van der Waals surface area contributed by atoms with Crippen molar-refractivity contribution >= 4 is 21.6 Å². The third kappa shape index (κ3) is 1.68. The van der Waals surface area contributed by atoms with E-state index in [9.17, 15) is 4.79 Å². The highest BCUT2D eigenvalue weighted by Gasteiger charge is 2.19. The van der Waals surface area contributed by atoms with Crippen molar-refractivity contribution in [2.75, 3.05) is 13.1 Å². The Morgan fingerprint density at radius 1 is 1.44 bits per heavy atom. The van der Waals surface area contributed by atoms with Gasteiger partial charge in [-0.3, -0.25) is 0 Å². The SMILES string of the molecule is O=c1oc2cccc(C3CCCNC3)c2s1. The van der Waals surface area contributed by atoms with Crippen molar-refractivity contribution in [2.45, 2.75) is 18.8 Å². The van der Waals surface area contributed by atoms with Crippen LogP contribution in [0.1, 0.15) is 24.3 Å². The third-order valence-electron chi connectivity index (χ3n) is 3.12. The minimum atomic E-state index is -0.203. The highest BCUT2D eigenvalue weighted by atomic mass is 32.1. The van der Waals surface area contributed by atoms with E-state index in [1.165, 1.54) is 29.7 Å². The molecule has 0 amide bonds. The number of rotatable bonds is 1. The monoisotopic (exact) mass is 235 g/mol. The van der Waals surface area contributed by atoms with Gasteiger partial charge in [0.15, 0.2) is 0 Å². The maximum atomic E-state index is 11.3. The van der Waals surface area contributed by atoms with Gasteiger partial charge in [0.1, 0.15) is 5.58 Å². The van der Waals surface area contributed by atoms with Crippen LogP contribution in [0.3, 0.4) is 0 Å². The van der Waals surface area contributed by atoms with Gasteiger partial charge >= 0.3 is 4.94 Å². The molecule has 1 aliphatic rings. The quantitative estimate of drug-likeness (QED) is 0.824. The Morgan fingerprint density at radius 2 is 2.38 bits per heavy atom. The summed E-state index contributed by atoms with van der Waals surface area (Å²) in [5, 5.41) is 3.40. The van der Waals surface area contributed by atoms with Gasteiger partial charge in [0.05, 0.1) is 4.70 Å². The molecule has 0 radical (unpaired) electrons. The highest BCUT2D eigenvalue weighted by molar-refractivity contribution is 7.16. The Labute approximate surface area is 97.1 Å². The van der Waals surface area contributed by atoms with E-state index in [1.54, 1.807) is 0 Å². The van der Waals surface area contributed by atoms with Crippen LogP contribution < -0.4 is 10.3 Å². The maximum Gasteiger partial charge on any atom is 0.396 e. The van der Waals surface area contributed by atoms with Gasteiger partial charge < -0.3 is 9.73 Å². The predicted octanol–water partition coefficient (Wildman–Crippen LogP) is 2.32. The van der Waals surface area contributed by atoms with E-state index in [1.807, 2.05) is 12.1 Å². The number of fused-ring (bicyclic) bond motifs is 1. The number of hydrogen-bond acceptors (Lipinski definition) is 4. The summed E-state index contributed by atoms with van der Waals surface area (Å²) in [6.45, 7) is 2.11. The molecule has 16 heavy (non-hydrogen) atoms. The Kier molecular flexibility index (Phi) is 2.53. The molecule has 1 saturated heterocycles. The van der Waals surface area contributed by atoms with Crippen molar-refractivity contribution in [3.05, 3.63) is 33.5 Å². The lowest BCUT2D eigenvalue weighted by Gasteiger charge is -2.23. The maximum absolute atomic E-state index is 11.3. The molecule has 2 aromatic rings. The molecule has 1 aromatic heterocycles. The smallest absolute Gasteiger partial charge is 0.396 e. The molecule has 0 bridgehead atoms. The standard InChI is InChI=1S/C12H13NO2S/c14-12-15-10-5-1-4-9(11(10)16-12)8-3-2-6-13-7-8/h1,4-5,8,13H,2-3,6-7H2. The normalized spacial score (nSPS) is 21.4. The molecule has 3 rings (SSSR count). The van der Waals surface area contributed by atoms with Crippen LogP contribution in [0.15, 0.2) is 27.4 Å². The van der Waals surface area contributed by atoms with Gasteiger partial charge in [-0.2, -0.15) is 0 Å². The summed E-state index contributed by atoms with van der Waals surface area (Å²) in [7, 11) is 0. The molecule has 1 N–H and O–H groups in total. The first-order valence-corrected chi connectivity index (χ1v) is 6.39. The van der Waals surface area contributed by atoms with E-state index in [-0.39, 0.29) is 4.94 Å². The van der Waals surface area contributed by atoms with Crippen molar-refractivity contribution in [2.24, 2.45) is 0 Å². The fraction of sp³-hybridized carbons (Fsp3) is 0.417. The number of benzene rings is 1. The first-order valence-electron chi connectivity index (χ1n) is 5.58. The number of hydrogen-bond donors (Lipinski definition) is 1. The molecule has 1 aliphatic heterocycles. The van der Waals surface area contributed by atoms with Crippen LogP contribution in [0.25, 0.3) is 10.3 Å². The zero-order valence-electron chi connectivity index (χ0n) is 8.86. The summed E-state index contributed by atoms with van der Waals surface area (Å²) in [5.41, 5.74) is 2.00. The minimum absolute atomic E-state index is 0.203. The van der Waals surface area contributed by atoms with Gasteiger partial charge in [-0.15, -0.1) is 0 Å². The molecule has 1 atom stereocenters. The van der Waals surface area contributed by atoms with Crippen molar-refractivity contribution in [1.29, 1.82) is 0 Å². The average Bonchev–Trinajstić information content (AvgIpc) is 2.70. The molecule has 3 nitrogen and oxygen atoms in total. The zero-order valence-corrected chi connectivity index (χ0v) is 9.68. The van der Waals surface area contributed by atoms with Crippen molar-refractivity contribution in [3.8, 4) is 0 Å². The summed E-state index contributed by atoms with van der Waals surface area (Å²) in [6.07, 6.45) is 2.39. The largest absolute Gasteiger partial charge is 0.414 e. The lowest BCUT2D eigenvalue weighted by Crippen LogP contribution is -2.28. The van der Waals surface area contributed by atoms with E-state index < -0.39 is 0 Å². The number of nitrogens with one attached hydrogen (secondary N) is 1. The summed E-state index contributed by atoms with van der Waals surface area (Å²) in [6, 6.07) is 5.96. The van der Waals surface area contributed by atoms with E-state index in [0.717, 1.165) is 23.4 Å². The second-order valence-electron chi connectivity index (χ2n) is 4.17. The van der Waals surface area contributed by atoms with E-state index in [0.29, 0.717) is 5.92 Å². The number of piperidine rings is 1. The van der Waals surface area contributed by atoms with Crippen LogP contribution in [0, 0.1) is 0 Å². The fourth-order valence-corrected chi connectivity index (χ4v) is 3.22. The van der Waals surface area contributed by atoms with Crippen LogP contribution >= 0.6 is 11.3 Å². The molecule has 0 saturated carbocycles. The third-order valence-corrected chi connectivity index (χ3v) is 4.02. The molecule has 0 aliphatic carbocycles. The first kappa shape index (κ1) is 10.1. The van der Waals surface area contributed by atoms with Crippen LogP contribution in [0.2, 0.25) is 0 Å². The van der Waals surface area contributed by atoms with Gasteiger partial charge in [0.2, 0.25) is 0 Å². The van der Waals surface area contributed by atoms with Gasteiger partial charge in [-0.25, -0.2) is 4.79 Å². The van der Waals surface area contributed by atoms with Gasteiger partial charge in [-0.05, 0) is 36.9 Å². The predicted molar refractivity (Wildman–Crippen MR) is 65.2 cm³/mol. The summed E-state index contributed by atoms with van der Waals surface area (Å²) in [4.78, 5) is 11.1. The Balaban J connectivity index is 2.11. The topological polar surface area (TPSA) is 42.2 Å². The van der Waals surface area contributed by atoms with Crippen LogP contribution in [0.5, 0.6) is 0 Å². The molecule has 2 heterocycles. The van der Waals surface area contributed by atoms with Gasteiger partial charge in [0.25, 0.3) is 0 Å². The molecular weight excluding hydrogens is 222 g/mol. The zero-order chi connectivity index (χ0) is 11.0. The van der Waals surface area contributed by atoms with Gasteiger partial charge in [-0.1, -0.05) is 23.5 Å². The molecule has 4 heteroatoms. The molecule has 0 spiro atoms. The second kappa shape index (κ2) is 4.03. The Morgan fingerprint density at radius 3 is 3.19 bits per heavy atom. The van der Waals surface area contributed by atoms with Crippen molar-refractivity contribution in [1.82, 2.24) is 5.32 Å². The minimum Gasteiger partial charge on any atom is -0.414 e. The highest BCUT2D eigenvalue weighted by Crippen LogP contribution is 2.31. The van der Waals surface area contributed by atoms with E-state index in [2.05, 4.69) is 11.4 Å². The van der Waals surface area contributed by atoms with E-state index in [4.69, 9.17) is 4.42 Å². The second-order valence-corrected chi connectivity index (χ2v) is 5.12. The van der Waals surface area contributed by atoms with Gasteiger partial charge in [0, 0.05) is 6.54 Å². The molecule has 1 unspecified atom stereocenters. The molecular formula is C12H13NO2S. The first-order chi connectivity index (χ1) is 7.84. The van der Waals surface area contributed by atoms with Crippen LogP contribution in [-0.4, -0.2) is 13.1 Å². The molecule has 1 fully saturated rings. The lowest BCUT2D eigenvalue weighted by atomic mass is 9.92. The van der Waals surface area contributed by atoms with Crippen molar-refractivity contribution < 1.29 is 4.42 Å². The average molecular weight is 235 g/mol. The summed E-state index contributed by atoms with van der Waals surface area (Å²) < 4.78 is 6.17. The lowest BCUT2D eigenvalue weighted by molar-refractivity contribution is 0.463.